The molecule has 0 fully saturated rings. The first-order valence-corrected chi connectivity index (χ1v) is 7.09. The van der Waals surface area contributed by atoms with Gasteiger partial charge in [0.2, 0.25) is 0 Å². The van der Waals surface area contributed by atoms with Gasteiger partial charge in [-0.1, -0.05) is 38.0 Å². The summed E-state index contributed by atoms with van der Waals surface area (Å²) in [6, 6.07) is 9.01. The Morgan fingerprint density at radius 3 is 2.56 bits per heavy atom. The van der Waals surface area contributed by atoms with Crippen LogP contribution in [-0.2, 0) is 10.8 Å². The van der Waals surface area contributed by atoms with Crippen molar-refractivity contribution < 1.29 is 9.32 Å². The predicted molar refractivity (Wildman–Crippen MR) is 68.0 cm³/mol. The second-order valence-electron chi connectivity index (χ2n) is 3.67. The lowest BCUT2D eigenvalue weighted by Gasteiger charge is -2.16. The summed E-state index contributed by atoms with van der Waals surface area (Å²) in [5.41, 5.74) is 0. The van der Waals surface area contributed by atoms with Gasteiger partial charge in [-0.2, -0.15) is 0 Å². The fourth-order valence-corrected chi connectivity index (χ4v) is 2.91. The van der Waals surface area contributed by atoms with Gasteiger partial charge >= 0.3 is 0 Å². The van der Waals surface area contributed by atoms with Gasteiger partial charge in [-0.3, -0.25) is 4.21 Å². The quantitative estimate of drug-likeness (QED) is 0.799. The summed E-state index contributed by atoms with van der Waals surface area (Å²) >= 11 is 6.00. The van der Waals surface area contributed by atoms with E-state index < -0.39 is 21.6 Å². The Labute approximate surface area is 104 Å². The van der Waals surface area contributed by atoms with E-state index in [1.54, 1.807) is 12.1 Å². The van der Waals surface area contributed by atoms with Crippen molar-refractivity contribution >= 4 is 22.4 Å². The number of aliphatic hydroxyl groups excluding tert-OH is 1. The van der Waals surface area contributed by atoms with Crippen molar-refractivity contribution in [3.63, 3.8) is 0 Å². The zero-order chi connectivity index (χ0) is 12.0. The van der Waals surface area contributed by atoms with Crippen LogP contribution < -0.4 is 0 Å². The summed E-state index contributed by atoms with van der Waals surface area (Å²) in [5.74, 6) is 0. The molecule has 0 aliphatic carbocycles. The van der Waals surface area contributed by atoms with Crippen LogP contribution >= 0.6 is 11.6 Å². The number of alkyl halides is 1. The normalized spacial score (nSPS) is 16.7. The SMILES string of the molecule is CCCCC(O)C(Cl)S(=O)c1ccccc1. The van der Waals surface area contributed by atoms with Crippen LogP contribution in [-0.4, -0.2) is 20.1 Å². The molecule has 0 amide bonds. The first-order valence-electron chi connectivity index (χ1n) is 5.44. The molecule has 1 aromatic carbocycles. The summed E-state index contributed by atoms with van der Waals surface area (Å²) in [6.45, 7) is 2.05. The van der Waals surface area contributed by atoms with Crippen LogP contribution in [0.4, 0.5) is 0 Å². The Morgan fingerprint density at radius 2 is 2.00 bits per heavy atom. The maximum Gasteiger partial charge on any atom is 0.139 e. The van der Waals surface area contributed by atoms with Crippen LogP contribution in [0.3, 0.4) is 0 Å². The van der Waals surface area contributed by atoms with Gasteiger partial charge in [-0.05, 0) is 18.6 Å². The molecule has 3 atom stereocenters. The van der Waals surface area contributed by atoms with E-state index in [0.717, 1.165) is 12.8 Å². The van der Waals surface area contributed by atoms with Crippen molar-refractivity contribution in [1.29, 1.82) is 0 Å². The van der Waals surface area contributed by atoms with Gasteiger partial charge < -0.3 is 5.11 Å². The van der Waals surface area contributed by atoms with Gasteiger partial charge in [0, 0.05) is 4.90 Å². The molecule has 1 aromatic rings. The zero-order valence-corrected chi connectivity index (χ0v) is 10.9. The summed E-state index contributed by atoms with van der Waals surface area (Å²) in [4.78, 5) is 0.665. The highest BCUT2D eigenvalue weighted by atomic mass is 35.5. The molecule has 0 saturated heterocycles. The van der Waals surface area contributed by atoms with E-state index in [-0.39, 0.29) is 0 Å². The maximum absolute atomic E-state index is 12.0. The van der Waals surface area contributed by atoms with E-state index in [9.17, 15) is 9.32 Å². The van der Waals surface area contributed by atoms with E-state index in [2.05, 4.69) is 0 Å². The minimum absolute atomic E-state index is 0.600. The van der Waals surface area contributed by atoms with E-state index in [1.165, 1.54) is 0 Å². The van der Waals surface area contributed by atoms with E-state index in [1.807, 2.05) is 25.1 Å². The van der Waals surface area contributed by atoms with E-state index >= 15 is 0 Å². The topological polar surface area (TPSA) is 37.3 Å². The third-order valence-electron chi connectivity index (χ3n) is 2.34. The van der Waals surface area contributed by atoms with Crippen molar-refractivity contribution in [2.75, 3.05) is 0 Å². The molecule has 90 valence electrons. The lowest BCUT2D eigenvalue weighted by Crippen LogP contribution is -2.25. The first-order chi connectivity index (χ1) is 7.66. The fraction of sp³-hybridized carbons (Fsp3) is 0.500. The van der Waals surface area contributed by atoms with E-state index in [4.69, 9.17) is 11.6 Å². The largest absolute Gasteiger partial charge is 0.391 e. The lowest BCUT2D eigenvalue weighted by molar-refractivity contribution is 0.175. The predicted octanol–water partition coefficient (Wildman–Crippen LogP) is 2.91. The van der Waals surface area contributed by atoms with Crippen molar-refractivity contribution in [3.8, 4) is 0 Å². The van der Waals surface area contributed by atoms with E-state index in [0.29, 0.717) is 11.3 Å². The smallest absolute Gasteiger partial charge is 0.139 e. The Hall–Kier alpha value is -0.380. The Balaban J connectivity index is 2.60. The Bertz CT molecular complexity index is 329. The summed E-state index contributed by atoms with van der Waals surface area (Å²) in [6.07, 6.45) is 1.79. The molecule has 3 unspecified atom stereocenters. The molecule has 0 aliphatic heterocycles. The summed E-state index contributed by atoms with van der Waals surface area (Å²) in [5, 5.41) is 9.76. The number of unbranched alkanes of at least 4 members (excludes halogenated alkanes) is 1. The van der Waals surface area contributed by atoms with Crippen molar-refractivity contribution in [2.24, 2.45) is 0 Å². The molecule has 1 N–H and O–H groups in total. The van der Waals surface area contributed by atoms with Gasteiger partial charge in [-0.25, -0.2) is 0 Å². The molecular weight excluding hydrogens is 244 g/mol. The van der Waals surface area contributed by atoms with Crippen LogP contribution in [0.25, 0.3) is 0 Å². The molecule has 0 heterocycles. The number of aliphatic hydroxyl groups is 1. The first kappa shape index (κ1) is 13.7. The van der Waals surface area contributed by atoms with Gasteiger partial charge in [0.15, 0.2) is 0 Å². The van der Waals surface area contributed by atoms with Crippen molar-refractivity contribution in [3.05, 3.63) is 30.3 Å². The summed E-state index contributed by atoms with van der Waals surface area (Å²) < 4.78 is 11.2. The average molecular weight is 261 g/mol. The Kier molecular flexibility index (Phi) is 6.03. The molecule has 0 saturated carbocycles. The van der Waals surface area contributed by atoms with Crippen molar-refractivity contribution in [2.45, 2.75) is 41.9 Å². The van der Waals surface area contributed by atoms with Gasteiger partial charge in [-0.15, -0.1) is 11.6 Å². The lowest BCUT2D eigenvalue weighted by atomic mass is 10.2. The number of rotatable bonds is 6. The molecular formula is C12H17ClO2S. The highest BCUT2D eigenvalue weighted by Crippen LogP contribution is 2.19. The van der Waals surface area contributed by atoms with Crippen molar-refractivity contribution in [1.82, 2.24) is 0 Å². The number of hydrogen-bond acceptors (Lipinski definition) is 2. The third kappa shape index (κ3) is 3.89. The maximum atomic E-state index is 12.0. The molecule has 16 heavy (non-hydrogen) atoms. The molecule has 1 rings (SSSR count). The number of halogens is 1. The van der Waals surface area contributed by atoms with Crippen LogP contribution in [0, 0.1) is 0 Å². The third-order valence-corrected chi connectivity index (χ3v) is 4.57. The van der Waals surface area contributed by atoms with Crippen LogP contribution in [0.5, 0.6) is 0 Å². The molecule has 0 spiro atoms. The highest BCUT2D eigenvalue weighted by molar-refractivity contribution is 7.87. The summed E-state index contributed by atoms with van der Waals surface area (Å²) in [7, 11) is -1.35. The van der Waals surface area contributed by atoms with Gasteiger partial charge in [0.05, 0.1) is 16.9 Å². The minimum atomic E-state index is -1.35. The second-order valence-corrected chi connectivity index (χ2v) is 5.97. The molecule has 0 aliphatic rings. The second kappa shape index (κ2) is 7.05. The minimum Gasteiger partial charge on any atom is -0.391 e. The highest BCUT2D eigenvalue weighted by Gasteiger charge is 2.23. The van der Waals surface area contributed by atoms with Gasteiger partial charge in [0.1, 0.15) is 4.71 Å². The van der Waals surface area contributed by atoms with Crippen LogP contribution in [0.15, 0.2) is 35.2 Å². The number of hydrogen-bond donors (Lipinski definition) is 1. The Morgan fingerprint density at radius 1 is 1.38 bits per heavy atom. The molecule has 0 radical (unpaired) electrons. The van der Waals surface area contributed by atoms with Crippen LogP contribution in [0.1, 0.15) is 26.2 Å². The number of benzene rings is 1. The van der Waals surface area contributed by atoms with Crippen LogP contribution in [0.2, 0.25) is 0 Å². The molecule has 2 nitrogen and oxygen atoms in total. The monoisotopic (exact) mass is 260 g/mol. The fourth-order valence-electron chi connectivity index (χ4n) is 1.37. The zero-order valence-electron chi connectivity index (χ0n) is 9.30. The molecule has 0 aromatic heterocycles. The average Bonchev–Trinajstić information content (AvgIpc) is 2.35. The standard InChI is InChI=1S/C12H17ClO2S/c1-2-3-9-11(14)12(13)16(15)10-7-5-4-6-8-10/h4-8,11-12,14H,2-3,9H2,1H3. The molecule has 0 bridgehead atoms. The van der Waals surface area contributed by atoms with Gasteiger partial charge in [0.25, 0.3) is 0 Å². The molecule has 4 heteroatoms.